The maximum absolute atomic E-state index is 13.1. The van der Waals surface area contributed by atoms with Gasteiger partial charge in [-0.05, 0) is 42.4 Å². The van der Waals surface area contributed by atoms with Crippen molar-refractivity contribution in [3.63, 3.8) is 0 Å². The summed E-state index contributed by atoms with van der Waals surface area (Å²) in [7, 11) is 1.67. The fourth-order valence-corrected chi connectivity index (χ4v) is 4.20. The zero-order valence-electron chi connectivity index (χ0n) is 18.4. The molecule has 0 bridgehead atoms. The number of likely N-dealkylation sites (tertiary alicyclic amines) is 1. The van der Waals surface area contributed by atoms with Crippen molar-refractivity contribution in [3.05, 3.63) is 75.7 Å². The standard InChI is InChI=1S/C25H29N3O4/c1-31-14-15-32-17-20-8-6-18(7-9-20)16-19-10-12-28(13-11-19)25(30)23-21-4-2-3-5-22(21)24(29)27-26-23/h2-9,19H,10-17H2,1H3,(H,27,29). The van der Waals surface area contributed by atoms with Crippen molar-refractivity contribution >= 4 is 16.7 Å². The Morgan fingerprint density at radius 3 is 2.44 bits per heavy atom. The minimum Gasteiger partial charge on any atom is -0.382 e. The number of carbonyl (C=O) groups is 1. The highest BCUT2D eigenvalue weighted by molar-refractivity contribution is 6.04. The van der Waals surface area contributed by atoms with E-state index in [2.05, 4.69) is 34.5 Å². The molecule has 1 N–H and O–H groups in total. The van der Waals surface area contributed by atoms with Gasteiger partial charge in [0, 0.05) is 25.6 Å². The van der Waals surface area contributed by atoms with Crippen LogP contribution in [0.3, 0.4) is 0 Å². The van der Waals surface area contributed by atoms with Gasteiger partial charge >= 0.3 is 0 Å². The van der Waals surface area contributed by atoms with Gasteiger partial charge in [-0.25, -0.2) is 5.10 Å². The highest BCUT2D eigenvalue weighted by Crippen LogP contribution is 2.24. The molecule has 168 valence electrons. The van der Waals surface area contributed by atoms with E-state index in [1.54, 1.807) is 25.3 Å². The number of H-pyrrole nitrogens is 1. The Kier molecular flexibility index (Phi) is 7.29. The Hall–Kier alpha value is -3.03. The lowest BCUT2D eigenvalue weighted by Gasteiger charge is -2.32. The number of ether oxygens (including phenoxy) is 2. The predicted octanol–water partition coefficient (Wildman–Crippen LogP) is 3.18. The van der Waals surface area contributed by atoms with Gasteiger partial charge in [-0.2, -0.15) is 5.10 Å². The summed E-state index contributed by atoms with van der Waals surface area (Å²) in [4.78, 5) is 26.9. The fraction of sp³-hybridized carbons (Fsp3) is 0.400. The van der Waals surface area contributed by atoms with E-state index in [0.29, 0.717) is 55.3 Å². The molecule has 0 atom stereocenters. The smallest absolute Gasteiger partial charge is 0.274 e. The molecule has 1 amide bonds. The third kappa shape index (κ3) is 5.23. The molecule has 2 aromatic carbocycles. The van der Waals surface area contributed by atoms with Gasteiger partial charge < -0.3 is 14.4 Å². The van der Waals surface area contributed by atoms with Gasteiger partial charge in [0.25, 0.3) is 11.5 Å². The zero-order chi connectivity index (χ0) is 22.3. The van der Waals surface area contributed by atoms with Crippen LogP contribution in [-0.2, 0) is 22.5 Å². The molecule has 1 aromatic heterocycles. The number of benzene rings is 2. The van der Waals surface area contributed by atoms with E-state index in [0.717, 1.165) is 24.8 Å². The maximum Gasteiger partial charge on any atom is 0.274 e. The molecule has 7 heteroatoms. The summed E-state index contributed by atoms with van der Waals surface area (Å²) in [6.45, 7) is 3.19. The van der Waals surface area contributed by atoms with Crippen molar-refractivity contribution in [2.75, 3.05) is 33.4 Å². The van der Waals surface area contributed by atoms with Crippen molar-refractivity contribution in [3.8, 4) is 0 Å². The summed E-state index contributed by atoms with van der Waals surface area (Å²) in [5.41, 5.74) is 2.51. The summed E-state index contributed by atoms with van der Waals surface area (Å²) in [6, 6.07) is 15.7. The molecule has 1 aliphatic rings. The summed E-state index contributed by atoms with van der Waals surface area (Å²) in [6.07, 6.45) is 2.91. The van der Waals surface area contributed by atoms with Gasteiger partial charge in [0.05, 0.1) is 25.2 Å². The zero-order valence-corrected chi connectivity index (χ0v) is 18.4. The fourth-order valence-electron chi connectivity index (χ4n) is 4.20. The molecule has 0 radical (unpaired) electrons. The summed E-state index contributed by atoms with van der Waals surface area (Å²) in [5, 5.41) is 7.62. The van der Waals surface area contributed by atoms with Gasteiger partial charge in [0.1, 0.15) is 0 Å². The molecular formula is C25H29N3O4. The third-order valence-corrected chi connectivity index (χ3v) is 6.05. The third-order valence-electron chi connectivity index (χ3n) is 6.05. The Bertz CT molecular complexity index is 1100. The number of hydrogen-bond donors (Lipinski definition) is 1. The molecule has 1 aliphatic heterocycles. The molecule has 3 aromatic rings. The number of nitrogens with zero attached hydrogens (tertiary/aromatic N) is 2. The molecule has 1 fully saturated rings. The highest BCUT2D eigenvalue weighted by Gasteiger charge is 2.26. The second-order valence-corrected chi connectivity index (χ2v) is 8.25. The lowest BCUT2D eigenvalue weighted by molar-refractivity contribution is 0.0616. The molecule has 0 spiro atoms. The molecule has 1 saturated heterocycles. The van der Waals surface area contributed by atoms with Crippen LogP contribution < -0.4 is 5.56 Å². The monoisotopic (exact) mass is 435 g/mol. The molecule has 7 nitrogen and oxygen atoms in total. The second-order valence-electron chi connectivity index (χ2n) is 8.25. The largest absolute Gasteiger partial charge is 0.382 e. The first-order chi connectivity index (χ1) is 15.7. The van der Waals surface area contributed by atoms with Gasteiger partial charge in [0.2, 0.25) is 0 Å². The molecular weight excluding hydrogens is 406 g/mol. The van der Waals surface area contributed by atoms with Crippen LogP contribution in [0.4, 0.5) is 0 Å². The minimum atomic E-state index is -0.275. The highest BCUT2D eigenvalue weighted by atomic mass is 16.5. The van der Waals surface area contributed by atoms with E-state index >= 15 is 0 Å². The second kappa shape index (κ2) is 10.5. The SMILES string of the molecule is COCCOCc1ccc(CC2CCN(C(=O)c3n[nH]c(=O)c4ccccc34)CC2)cc1. The van der Waals surface area contributed by atoms with E-state index in [1.807, 2.05) is 11.0 Å². The summed E-state index contributed by atoms with van der Waals surface area (Å²) >= 11 is 0. The number of nitrogens with one attached hydrogen (secondary N) is 1. The van der Waals surface area contributed by atoms with E-state index in [-0.39, 0.29) is 11.5 Å². The van der Waals surface area contributed by atoms with Crippen LogP contribution in [0.15, 0.2) is 53.3 Å². The number of carbonyl (C=O) groups excluding carboxylic acids is 1. The van der Waals surface area contributed by atoms with Gasteiger partial charge in [0.15, 0.2) is 5.69 Å². The van der Waals surface area contributed by atoms with Crippen molar-refractivity contribution in [1.82, 2.24) is 15.1 Å². The Morgan fingerprint density at radius 1 is 1.03 bits per heavy atom. The Labute approximate surface area is 187 Å². The number of methoxy groups -OCH3 is 1. The number of piperidine rings is 1. The molecule has 0 saturated carbocycles. The van der Waals surface area contributed by atoms with Crippen LogP contribution in [0.1, 0.15) is 34.5 Å². The number of amides is 1. The normalized spacial score (nSPS) is 14.7. The minimum absolute atomic E-state index is 0.117. The average molecular weight is 436 g/mol. The van der Waals surface area contributed by atoms with Gasteiger partial charge in [-0.1, -0.05) is 42.5 Å². The molecule has 4 rings (SSSR count). The Morgan fingerprint density at radius 2 is 1.72 bits per heavy atom. The van der Waals surface area contributed by atoms with Crippen LogP contribution in [-0.4, -0.2) is 54.4 Å². The van der Waals surface area contributed by atoms with Crippen LogP contribution in [0.2, 0.25) is 0 Å². The molecule has 0 unspecified atom stereocenters. The van der Waals surface area contributed by atoms with Crippen LogP contribution >= 0.6 is 0 Å². The van der Waals surface area contributed by atoms with Crippen LogP contribution in [0.25, 0.3) is 10.8 Å². The number of fused-ring (bicyclic) bond motifs is 1. The number of hydrogen-bond acceptors (Lipinski definition) is 5. The topological polar surface area (TPSA) is 84.5 Å². The van der Waals surface area contributed by atoms with E-state index < -0.39 is 0 Å². The first-order valence-electron chi connectivity index (χ1n) is 11.1. The van der Waals surface area contributed by atoms with Crippen molar-refractivity contribution in [2.24, 2.45) is 5.92 Å². The first kappa shape index (κ1) is 22.2. The number of aromatic amines is 1. The van der Waals surface area contributed by atoms with Crippen LogP contribution in [0, 0.1) is 5.92 Å². The maximum atomic E-state index is 13.1. The van der Waals surface area contributed by atoms with Crippen molar-refractivity contribution < 1.29 is 14.3 Å². The lowest BCUT2D eigenvalue weighted by Crippen LogP contribution is -2.39. The lowest BCUT2D eigenvalue weighted by atomic mass is 9.89. The Balaban J connectivity index is 1.31. The summed E-state index contributed by atoms with van der Waals surface area (Å²) < 4.78 is 10.6. The first-order valence-corrected chi connectivity index (χ1v) is 11.1. The average Bonchev–Trinajstić information content (AvgIpc) is 2.83. The van der Waals surface area contributed by atoms with Crippen molar-refractivity contribution in [2.45, 2.75) is 25.9 Å². The van der Waals surface area contributed by atoms with Gasteiger partial charge in [-0.15, -0.1) is 0 Å². The molecule has 2 heterocycles. The quantitative estimate of drug-likeness (QED) is 0.550. The predicted molar refractivity (Wildman–Crippen MR) is 123 cm³/mol. The van der Waals surface area contributed by atoms with Crippen molar-refractivity contribution in [1.29, 1.82) is 0 Å². The van der Waals surface area contributed by atoms with E-state index in [4.69, 9.17) is 9.47 Å². The van der Waals surface area contributed by atoms with Gasteiger partial charge in [-0.3, -0.25) is 9.59 Å². The van der Waals surface area contributed by atoms with E-state index in [9.17, 15) is 9.59 Å². The number of rotatable bonds is 8. The van der Waals surface area contributed by atoms with Crippen LogP contribution in [0.5, 0.6) is 0 Å². The number of aromatic nitrogens is 2. The summed E-state index contributed by atoms with van der Waals surface area (Å²) in [5.74, 6) is 0.428. The molecule has 0 aliphatic carbocycles. The van der Waals surface area contributed by atoms with E-state index in [1.165, 1.54) is 5.56 Å². The molecule has 32 heavy (non-hydrogen) atoms.